The summed E-state index contributed by atoms with van der Waals surface area (Å²) in [5.41, 5.74) is 2.01. The maximum absolute atomic E-state index is 11.6. The van der Waals surface area contributed by atoms with E-state index in [0.29, 0.717) is 12.3 Å². The summed E-state index contributed by atoms with van der Waals surface area (Å²) in [4.78, 5) is 11.6. The van der Waals surface area contributed by atoms with Crippen molar-refractivity contribution in [3.05, 3.63) is 41.5 Å². The molecule has 23 heavy (non-hydrogen) atoms. The summed E-state index contributed by atoms with van der Waals surface area (Å²) < 4.78 is 10.6. The summed E-state index contributed by atoms with van der Waals surface area (Å²) >= 11 is 0. The van der Waals surface area contributed by atoms with E-state index in [0.717, 1.165) is 12.0 Å². The van der Waals surface area contributed by atoms with Crippen LogP contribution in [0.1, 0.15) is 39.7 Å². The number of hydrogen-bond donors (Lipinski definition) is 1. The molecular weight excluding hydrogens is 290 g/mol. The van der Waals surface area contributed by atoms with Gasteiger partial charge in [-0.25, -0.2) is 4.79 Å². The first kappa shape index (κ1) is 20.6. The Hall–Kier alpha value is -2.41. The highest BCUT2D eigenvalue weighted by molar-refractivity contribution is 5.67. The normalized spacial score (nSPS) is 9.96. The molecule has 0 saturated heterocycles. The Kier molecular flexibility index (Phi) is 11.9. The number of carbonyl (C=O) groups excluding carboxylic acids is 1. The van der Waals surface area contributed by atoms with Crippen molar-refractivity contribution in [3.8, 4) is 18.1 Å². The monoisotopic (exact) mass is 317 g/mol. The first-order chi connectivity index (χ1) is 11.2. The van der Waals surface area contributed by atoms with Gasteiger partial charge in [0.2, 0.25) is 0 Å². The molecule has 1 rings (SSSR count). The molecule has 0 heterocycles. The molecule has 0 aliphatic carbocycles. The van der Waals surface area contributed by atoms with Crippen molar-refractivity contribution in [2.24, 2.45) is 0 Å². The van der Waals surface area contributed by atoms with E-state index >= 15 is 0 Å². The van der Waals surface area contributed by atoms with Crippen LogP contribution in [-0.2, 0) is 11.3 Å². The number of amides is 1. The van der Waals surface area contributed by atoms with Gasteiger partial charge in [-0.3, -0.25) is 0 Å². The van der Waals surface area contributed by atoms with Crippen LogP contribution in [0.2, 0.25) is 0 Å². The van der Waals surface area contributed by atoms with Gasteiger partial charge in [-0.1, -0.05) is 49.6 Å². The molecule has 0 bridgehead atoms. The minimum Gasteiger partial charge on any atom is -0.481 e. The Morgan fingerprint density at radius 3 is 2.70 bits per heavy atom. The molecule has 0 atom stereocenters. The van der Waals surface area contributed by atoms with Crippen molar-refractivity contribution >= 4 is 6.09 Å². The molecule has 4 nitrogen and oxygen atoms in total. The summed E-state index contributed by atoms with van der Waals surface area (Å²) in [7, 11) is 0. The van der Waals surface area contributed by atoms with Crippen molar-refractivity contribution in [1.29, 1.82) is 0 Å². The second-order valence-electron chi connectivity index (χ2n) is 4.49. The van der Waals surface area contributed by atoms with Crippen molar-refractivity contribution in [3.63, 3.8) is 0 Å². The molecule has 126 valence electrons. The van der Waals surface area contributed by atoms with Gasteiger partial charge in [0.25, 0.3) is 0 Å². The molecule has 0 aliphatic rings. The predicted molar refractivity (Wildman–Crippen MR) is 94.4 cm³/mol. The van der Waals surface area contributed by atoms with Crippen LogP contribution < -0.4 is 10.1 Å². The number of alkyl carbamates (subject to hydrolysis) is 1. The number of terminal acetylenes is 1. The third kappa shape index (κ3) is 9.26. The van der Waals surface area contributed by atoms with Crippen LogP contribution in [-0.4, -0.2) is 19.2 Å². The maximum Gasteiger partial charge on any atom is 0.407 e. The van der Waals surface area contributed by atoms with Gasteiger partial charge in [-0.2, -0.15) is 0 Å². The number of hydrogen-bond acceptors (Lipinski definition) is 3. The minimum absolute atomic E-state index is 0.148. The van der Waals surface area contributed by atoms with Crippen molar-refractivity contribution in [1.82, 2.24) is 5.32 Å². The lowest BCUT2D eigenvalue weighted by Gasteiger charge is -2.11. The molecule has 0 saturated carbocycles. The summed E-state index contributed by atoms with van der Waals surface area (Å²) in [5.74, 6) is 3.04. The lowest BCUT2D eigenvalue weighted by atomic mass is 10.2. The van der Waals surface area contributed by atoms with Gasteiger partial charge < -0.3 is 14.8 Å². The fourth-order valence-corrected chi connectivity index (χ4v) is 1.58. The van der Waals surface area contributed by atoms with Crippen molar-refractivity contribution in [2.75, 3.05) is 13.2 Å². The maximum atomic E-state index is 11.6. The van der Waals surface area contributed by atoms with Gasteiger partial charge in [-0.15, -0.1) is 6.42 Å². The van der Waals surface area contributed by atoms with Crippen LogP contribution in [0, 0.1) is 12.3 Å². The predicted octanol–water partition coefficient (Wildman–Crippen LogP) is 4.31. The Bertz CT molecular complexity index is 530. The average Bonchev–Trinajstić information content (AvgIpc) is 2.60. The Morgan fingerprint density at radius 1 is 1.35 bits per heavy atom. The highest BCUT2D eigenvalue weighted by atomic mass is 16.5. The van der Waals surface area contributed by atoms with E-state index in [-0.39, 0.29) is 13.2 Å². The molecule has 4 heteroatoms. The molecule has 1 N–H and O–H groups in total. The molecule has 1 amide bonds. The molecule has 1 aromatic rings. The first-order valence-corrected chi connectivity index (χ1v) is 7.84. The average molecular weight is 317 g/mol. The lowest BCUT2D eigenvalue weighted by Crippen LogP contribution is -2.25. The van der Waals surface area contributed by atoms with Gasteiger partial charge in [0, 0.05) is 12.1 Å². The third-order valence-electron chi connectivity index (χ3n) is 2.92. The summed E-state index contributed by atoms with van der Waals surface area (Å²) in [6.45, 7) is 8.89. The molecule has 0 aromatic heterocycles. The van der Waals surface area contributed by atoms with Crippen molar-refractivity contribution < 1.29 is 14.3 Å². The smallest absolute Gasteiger partial charge is 0.407 e. The van der Waals surface area contributed by atoms with Crippen LogP contribution in [0.25, 0.3) is 0 Å². The third-order valence-corrected chi connectivity index (χ3v) is 2.92. The van der Waals surface area contributed by atoms with Gasteiger partial charge >= 0.3 is 6.09 Å². The van der Waals surface area contributed by atoms with Crippen LogP contribution in [0.5, 0.6) is 5.75 Å². The zero-order valence-corrected chi connectivity index (χ0v) is 14.5. The molecule has 0 unspecified atom stereocenters. The number of nitrogens with one attached hydrogen (secondary N) is 1. The number of benzene rings is 1. The Labute approximate surface area is 139 Å². The van der Waals surface area contributed by atoms with E-state index in [4.69, 9.17) is 15.9 Å². The quantitative estimate of drug-likeness (QED) is 0.602. The minimum atomic E-state index is -0.439. The number of carbonyl (C=O) groups is 1. The number of para-hydroxylation sites is 1. The molecule has 0 aliphatic heterocycles. The van der Waals surface area contributed by atoms with E-state index < -0.39 is 6.09 Å². The van der Waals surface area contributed by atoms with Crippen LogP contribution >= 0.6 is 0 Å². The van der Waals surface area contributed by atoms with Gasteiger partial charge in [-0.05, 0) is 26.3 Å². The van der Waals surface area contributed by atoms with Crippen molar-refractivity contribution in [2.45, 2.75) is 40.7 Å². The molecule has 0 radical (unpaired) electrons. The Balaban J connectivity index is 0.00000232. The lowest BCUT2D eigenvalue weighted by molar-refractivity contribution is 0.138. The van der Waals surface area contributed by atoms with Gasteiger partial charge in [0.15, 0.2) is 0 Å². The molecule has 1 aromatic carbocycles. The zero-order chi connectivity index (χ0) is 17.5. The van der Waals surface area contributed by atoms with E-state index in [1.807, 2.05) is 52.0 Å². The highest BCUT2D eigenvalue weighted by Gasteiger charge is 2.06. The molecule has 0 spiro atoms. The zero-order valence-electron chi connectivity index (χ0n) is 14.5. The first-order valence-electron chi connectivity index (χ1n) is 7.84. The summed E-state index contributed by atoms with van der Waals surface area (Å²) in [5, 5.41) is 2.71. The largest absolute Gasteiger partial charge is 0.481 e. The van der Waals surface area contributed by atoms with Crippen LogP contribution in [0.4, 0.5) is 4.79 Å². The number of rotatable bonds is 7. The summed E-state index contributed by atoms with van der Waals surface area (Å²) in [6.07, 6.45) is 7.56. The summed E-state index contributed by atoms with van der Waals surface area (Å²) in [6, 6.07) is 7.33. The number of ether oxygens (including phenoxy) is 2. The van der Waals surface area contributed by atoms with Gasteiger partial charge in [0.05, 0.1) is 0 Å². The van der Waals surface area contributed by atoms with Crippen LogP contribution in [0.15, 0.2) is 35.9 Å². The van der Waals surface area contributed by atoms with E-state index in [2.05, 4.69) is 11.2 Å². The fraction of sp³-hybridized carbons (Fsp3) is 0.421. The topological polar surface area (TPSA) is 47.6 Å². The van der Waals surface area contributed by atoms with Gasteiger partial charge in [0.1, 0.15) is 19.0 Å². The second-order valence-corrected chi connectivity index (χ2v) is 4.49. The standard InChI is InChI=1S/C17H21NO3.C2H6/c1-4-12-20-16-9-7-6-8-15(16)13-21-17(19)18-11-10-14(3)5-2;1-2/h1,5-9H,10-13H2,2-3H3,(H,18,19);1-2H3/b14-5+;. The SMILES string of the molecule is C#CCOc1ccccc1COC(=O)NCC/C(C)=C/C.CC. The fourth-order valence-electron chi connectivity index (χ4n) is 1.58. The highest BCUT2D eigenvalue weighted by Crippen LogP contribution is 2.18. The van der Waals surface area contributed by atoms with E-state index in [9.17, 15) is 4.79 Å². The Morgan fingerprint density at radius 2 is 2.04 bits per heavy atom. The van der Waals surface area contributed by atoms with E-state index in [1.54, 1.807) is 6.07 Å². The van der Waals surface area contributed by atoms with E-state index in [1.165, 1.54) is 5.57 Å². The number of allylic oxidation sites excluding steroid dienone is 1. The molecule has 0 fully saturated rings. The second kappa shape index (κ2) is 13.3. The van der Waals surface area contributed by atoms with Crippen LogP contribution in [0.3, 0.4) is 0 Å². The molecular formula is C19H27NO3.